The first kappa shape index (κ1) is 11.2. The third kappa shape index (κ3) is 3.08. The van der Waals surface area contributed by atoms with E-state index in [1.165, 1.54) is 12.8 Å². The molecule has 1 aromatic heterocycles. The zero-order valence-electron chi connectivity index (χ0n) is 10.0. The van der Waals surface area contributed by atoms with Crippen LogP contribution in [0.1, 0.15) is 26.7 Å². The lowest BCUT2D eigenvalue weighted by Gasteiger charge is -2.12. The molecule has 1 atom stereocenters. The van der Waals surface area contributed by atoms with Gasteiger partial charge in [-0.3, -0.25) is 0 Å². The van der Waals surface area contributed by atoms with Crippen LogP contribution in [-0.2, 0) is 0 Å². The van der Waals surface area contributed by atoms with Gasteiger partial charge in [0.25, 0.3) is 0 Å². The molecule has 1 saturated carbocycles. The van der Waals surface area contributed by atoms with Crippen LogP contribution in [0, 0.1) is 11.8 Å². The van der Waals surface area contributed by atoms with Crippen LogP contribution in [0.2, 0.25) is 0 Å². The molecule has 1 fully saturated rings. The lowest BCUT2D eigenvalue weighted by atomic mass is 10.1. The molecule has 0 saturated heterocycles. The number of hydrogen-bond donors (Lipinski definition) is 2. The van der Waals surface area contributed by atoms with Crippen LogP contribution >= 0.6 is 0 Å². The van der Waals surface area contributed by atoms with Gasteiger partial charge in [-0.15, -0.1) is 0 Å². The molecule has 0 bridgehead atoms. The fraction of sp³-hybridized carbons (Fsp3) is 0.667. The van der Waals surface area contributed by atoms with Gasteiger partial charge in [0.1, 0.15) is 5.82 Å². The lowest BCUT2D eigenvalue weighted by molar-refractivity contribution is 0.536. The summed E-state index contributed by atoms with van der Waals surface area (Å²) in [7, 11) is 0. The van der Waals surface area contributed by atoms with Crippen molar-refractivity contribution in [2.24, 2.45) is 11.8 Å². The second-order valence-corrected chi connectivity index (χ2v) is 4.49. The minimum atomic E-state index is 0.701. The van der Waals surface area contributed by atoms with E-state index in [2.05, 4.69) is 27.5 Å². The van der Waals surface area contributed by atoms with E-state index in [4.69, 9.17) is 0 Å². The van der Waals surface area contributed by atoms with Gasteiger partial charge in [0.15, 0.2) is 0 Å². The number of rotatable bonds is 6. The molecule has 2 rings (SSSR count). The van der Waals surface area contributed by atoms with Crippen molar-refractivity contribution in [1.82, 2.24) is 9.97 Å². The lowest BCUT2D eigenvalue weighted by Crippen LogP contribution is -2.14. The molecule has 4 heteroatoms. The summed E-state index contributed by atoms with van der Waals surface area (Å²) in [6.45, 7) is 6.20. The number of nitrogens with one attached hydrogen (secondary N) is 2. The van der Waals surface area contributed by atoms with Crippen LogP contribution < -0.4 is 10.6 Å². The van der Waals surface area contributed by atoms with Gasteiger partial charge in [-0.05, 0) is 37.7 Å². The molecular formula is C12H20N4. The fourth-order valence-electron chi connectivity index (χ4n) is 1.80. The Kier molecular flexibility index (Phi) is 3.59. The van der Waals surface area contributed by atoms with Gasteiger partial charge in [-0.2, -0.15) is 4.98 Å². The highest BCUT2D eigenvalue weighted by atomic mass is 15.1. The molecule has 0 spiro atoms. The summed E-state index contributed by atoms with van der Waals surface area (Å²) in [4.78, 5) is 8.52. The highest BCUT2D eigenvalue weighted by Gasteiger charge is 2.27. The second kappa shape index (κ2) is 5.14. The molecule has 4 nitrogen and oxygen atoms in total. The predicted molar refractivity (Wildman–Crippen MR) is 66.6 cm³/mol. The summed E-state index contributed by atoms with van der Waals surface area (Å²) >= 11 is 0. The summed E-state index contributed by atoms with van der Waals surface area (Å²) in [5.41, 5.74) is 0. The van der Waals surface area contributed by atoms with Crippen LogP contribution in [0.25, 0.3) is 0 Å². The summed E-state index contributed by atoms with van der Waals surface area (Å²) in [5.74, 6) is 3.30. The Balaban J connectivity index is 1.85. The summed E-state index contributed by atoms with van der Waals surface area (Å²) in [5, 5.41) is 6.48. The Morgan fingerprint density at radius 3 is 2.94 bits per heavy atom. The van der Waals surface area contributed by atoms with Crippen LogP contribution in [-0.4, -0.2) is 23.1 Å². The molecular weight excluding hydrogens is 200 g/mol. The van der Waals surface area contributed by atoms with Gasteiger partial charge in [-0.25, -0.2) is 4.98 Å². The molecule has 88 valence electrons. The third-order valence-corrected chi connectivity index (χ3v) is 3.02. The molecule has 16 heavy (non-hydrogen) atoms. The molecule has 1 aromatic rings. The van der Waals surface area contributed by atoms with Crippen molar-refractivity contribution in [3.63, 3.8) is 0 Å². The van der Waals surface area contributed by atoms with Crippen LogP contribution in [0.3, 0.4) is 0 Å². The topological polar surface area (TPSA) is 49.8 Å². The Bertz CT molecular complexity index is 336. The van der Waals surface area contributed by atoms with E-state index < -0.39 is 0 Å². The predicted octanol–water partition coefficient (Wildman–Crippen LogP) is 2.37. The van der Waals surface area contributed by atoms with Crippen molar-refractivity contribution in [2.75, 3.05) is 23.7 Å². The van der Waals surface area contributed by atoms with Gasteiger partial charge < -0.3 is 10.6 Å². The fourth-order valence-corrected chi connectivity index (χ4v) is 1.80. The third-order valence-electron chi connectivity index (χ3n) is 3.02. The molecule has 0 radical (unpaired) electrons. The van der Waals surface area contributed by atoms with Crippen LogP contribution in [0.4, 0.5) is 11.8 Å². The van der Waals surface area contributed by atoms with Crippen molar-refractivity contribution in [3.05, 3.63) is 12.3 Å². The number of aromatic nitrogens is 2. The first-order chi connectivity index (χ1) is 7.79. The van der Waals surface area contributed by atoms with Crippen LogP contribution in [0.15, 0.2) is 12.3 Å². The van der Waals surface area contributed by atoms with Crippen molar-refractivity contribution < 1.29 is 0 Å². The average Bonchev–Trinajstić information content (AvgIpc) is 3.11. The van der Waals surface area contributed by atoms with Gasteiger partial charge >= 0.3 is 0 Å². The van der Waals surface area contributed by atoms with E-state index in [1.54, 1.807) is 6.20 Å². The minimum Gasteiger partial charge on any atom is -0.370 e. The molecule has 1 heterocycles. The van der Waals surface area contributed by atoms with E-state index in [-0.39, 0.29) is 0 Å². The highest BCUT2D eigenvalue weighted by Crippen LogP contribution is 2.36. The summed E-state index contributed by atoms with van der Waals surface area (Å²) in [6.07, 6.45) is 4.58. The summed E-state index contributed by atoms with van der Waals surface area (Å²) in [6, 6.07) is 1.92. The Hall–Kier alpha value is -1.32. The number of anilines is 2. The molecule has 0 amide bonds. The van der Waals surface area contributed by atoms with Gasteiger partial charge in [-0.1, -0.05) is 6.92 Å². The maximum atomic E-state index is 4.38. The first-order valence-electron chi connectivity index (χ1n) is 6.10. The maximum Gasteiger partial charge on any atom is 0.224 e. The van der Waals surface area contributed by atoms with Crippen molar-refractivity contribution >= 4 is 11.8 Å². The maximum absolute atomic E-state index is 4.38. The molecule has 1 aliphatic carbocycles. The van der Waals surface area contributed by atoms with Gasteiger partial charge in [0.2, 0.25) is 5.95 Å². The number of hydrogen-bond acceptors (Lipinski definition) is 4. The van der Waals surface area contributed by atoms with E-state index in [0.29, 0.717) is 5.95 Å². The van der Waals surface area contributed by atoms with E-state index >= 15 is 0 Å². The molecule has 2 N–H and O–H groups in total. The number of nitrogens with zero attached hydrogens (tertiary/aromatic N) is 2. The zero-order chi connectivity index (χ0) is 11.4. The Labute approximate surface area is 96.9 Å². The van der Waals surface area contributed by atoms with E-state index in [0.717, 1.165) is 30.7 Å². The Morgan fingerprint density at radius 1 is 1.44 bits per heavy atom. The smallest absolute Gasteiger partial charge is 0.224 e. The second-order valence-electron chi connectivity index (χ2n) is 4.49. The summed E-state index contributed by atoms with van der Waals surface area (Å²) < 4.78 is 0. The van der Waals surface area contributed by atoms with E-state index in [9.17, 15) is 0 Å². The molecule has 1 aliphatic rings. The first-order valence-corrected chi connectivity index (χ1v) is 6.10. The zero-order valence-corrected chi connectivity index (χ0v) is 10.0. The normalized spacial score (nSPS) is 16.9. The highest BCUT2D eigenvalue weighted by molar-refractivity contribution is 5.39. The Morgan fingerprint density at radius 2 is 2.25 bits per heavy atom. The molecule has 0 aromatic carbocycles. The minimum absolute atomic E-state index is 0.701. The van der Waals surface area contributed by atoms with E-state index in [1.807, 2.05) is 13.0 Å². The van der Waals surface area contributed by atoms with Crippen molar-refractivity contribution in [2.45, 2.75) is 26.7 Å². The molecule has 0 aliphatic heterocycles. The average molecular weight is 220 g/mol. The van der Waals surface area contributed by atoms with Crippen LogP contribution in [0.5, 0.6) is 0 Å². The van der Waals surface area contributed by atoms with Crippen molar-refractivity contribution in [1.29, 1.82) is 0 Å². The van der Waals surface area contributed by atoms with Gasteiger partial charge in [0.05, 0.1) is 0 Å². The largest absolute Gasteiger partial charge is 0.370 e. The molecule has 1 unspecified atom stereocenters. The van der Waals surface area contributed by atoms with Crippen molar-refractivity contribution in [3.8, 4) is 0 Å². The SMILES string of the molecule is CCNc1nccc(NCC(C)C2CC2)n1. The van der Waals surface area contributed by atoms with Gasteiger partial charge in [0, 0.05) is 19.3 Å². The quantitative estimate of drug-likeness (QED) is 0.772. The monoisotopic (exact) mass is 220 g/mol. The standard InChI is InChI=1S/C12H20N4/c1-3-13-12-14-7-6-11(16-12)15-8-9(2)10-4-5-10/h6-7,9-10H,3-5,8H2,1-2H3,(H2,13,14,15,16).